The van der Waals surface area contributed by atoms with Gasteiger partial charge >= 0.3 is 5.92 Å². The van der Waals surface area contributed by atoms with Crippen molar-refractivity contribution in [1.82, 2.24) is 0 Å². The molecule has 8 heavy (non-hydrogen) atoms. The van der Waals surface area contributed by atoms with Crippen molar-refractivity contribution in [2.75, 3.05) is 0 Å². The van der Waals surface area contributed by atoms with Crippen molar-refractivity contribution in [3.63, 3.8) is 0 Å². The van der Waals surface area contributed by atoms with E-state index >= 15 is 0 Å². The van der Waals surface area contributed by atoms with E-state index in [1.165, 1.54) is 0 Å². The predicted molar refractivity (Wildman–Crippen MR) is 19.0 cm³/mol. The van der Waals surface area contributed by atoms with Crippen LogP contribution in [0.4, 0.5) is 17.6 Å². The molecule has 0 aliphatic heterocycles. The minimum Gasteiger partial charge on any atom is -0.228 e. The molecule has 5 heteroatoms. The number of rotatable bonds is 0. The van der Waals surface area contributed by atoms with Crippen molar-refractivity contribution in [2.45, 2.75) is 11.1 Å². The highest BCUT2D eigenvalue weighted by Gasteiger charge is 2.86. The van der Waals surface area contributed by atoms with Crippen LogP contribution in [-0.4, -0.2) is 11.1 Å². The lowest BCUT2D eigenvalue weighted by Crippen LogP contribution is -2.01. The largest absolute Gasteiger partial charge is 0.340 e. The summed E-state index contributed by atoms with van der Waals surface area (Å²) in [5, 5.41) is -3.51. The van der Waals surface area contributed by atoms with Gasteiger partial charge in [-0.25, -0.2) is 8.78 Å². The minimum absolute atomic E-state index is 2.09. The summed E-state index contributed by atoms with van der Waals surface area (Å²) in [6.07, 6.45) is -2.09. The maximum atomic E-state index is 11.6. The standard InChI is InChI=1S/C3ClF4/c4-2(6)1(5)3(2,7)8. The highest BCUT2D eigenvalue weighted by atomic mass is 35.5. The van der Waals surface area contributed by atoms with Gasteiger partial charge in [-0.1, -0.05) is 11.6 Å². The molecule has 0 nitrogen and oxygen atoms in total. The molecule has 0 saturated heterocycles. The van der Waals surface area contributed by atoms with Gasteiger partial charge in [-0.3, -0.25) is 0 Å². The molecular formula is C3ClF4. The van der Waals surface area contributed by atoms with E-state index in [2.05, 4.69) is 11.6 Å². The summed E-state index contributed by atoms with van der Waals surface area (Å²) in [5.41, 5.74) is 0. The molecule has 0 aromatic rings. The second kappa shape index (κ2) is 1.12. The lowest BCUT2D eigenvalue weighted by atomic mass is 10.8. The smallest absolute Gasteiger partial charge is 0.228 e. The van der Waals surface area contributed by atoms with Crippen molar-refractivity contribution < 1.29 is 17.6 Å². The van der Waals surface area contributed by atoms with Gasteiger partial charge in [0.1, 0.15) is 0 Å². The maximum Gasteiger partial charge on any atom is 0.340 e. The molecule has 0 spiro atoms. The highest BCUT2D eigenvalue weighted by molar-refractivity contribution is 6.28. The third-order valence-electron chi connectivity index (χ3n) is 0.883. The summed E-state index contributed by atoms with van der Waals surface area (Å²) < 4.78 is 45.7. The second-order valence-corrected chi connectivity index (χ2v) is 1.98. The van der Waals surface area contributed by atoms with Crippen LogP contribution in [0.2, 0.25) is 0 Å². The molecule has 1 aliphatic rings. The predicted octanol–water partition coefficient (Wildman–Crippen LogP) is 2.04. The number of hydrogen-bond donors (Lipinski definition) is 0. The van der Waals surface area contributed by atoms with E-state index in [9.17, 15) is 17.6 Å². The summed E-state index contributed by atoms with van der Waals surface area (Å²) in [6.45, 7) is 0. The van der Waals surface area contributed by atoms with Gasteiger partial charge in [0.25, 0.3) is 11.3 Å². The first kappa shape index (κ1) is 6.13. The Labute approximate surface area is 47.4 Å². The van der Waals surface area contributed by atoms with Crippen LogP contribution in [0.1, 0.15) is 0 Å². The lowest BCUT2D eigenvalue weighted by molar-refractivity contribution is 0.0715. The molecule has 1 unspecified atom stereocenters. The van der Waals surface area contributed by atoms with Crippen LogP contribution >= 0.6 is 11.6 Å². The quantitative estimate of drug-likeness (QED) is 0.363. The Hall–Kier alpha value is 0.01000. The topological polar surface area (TPSA) is 0 Å². The summed E-state index contributed by atoms with van der Waals surface area (Å²) in [7, 11) is 0. The molecule has 47 valence electrons. The van der Waals surface area contributed by atoms with Crippen molar-refractivity contribution >= 4 is 11.6 Å². The molecule has 1 saturated carbocycles. The number of hydrogen-bond acceptors (Lipinski definition) is 0. The summed E-state index contributed by atoms with van der Waals surface area (Å²) in [6, 6.07) is 0. The van der Waals surface area contributed by atoms with Crippen LogP contribution in [-0.2, 0) is 0 Å². The third-order valence-corrected chi connectivity index (χ3v) is 1.29. The summed E-state index contributed by atoms with van der Waals surface area (Å²) in [5.74, 6) is -4.05. The molecular weight excluding hydrogens is 147 g/mol. The Kier molecular flexibility index (Phi) is 0.862. The molecule has 0 bridgehead atoms. The average molecular weight is 147 g/mol. The van der Waals surface area contributed by atoms with Crippen LogP contribution < -0.4 is 0 Å². The average Bonchev–Trinajstić information content (AvgIpc) is 1.88. The van der Waals surface area contributed by atoms with Gasteiger partial charge in [0.15, 0.2) is 0 Å². The van der Waals surface area contributed by atoms with E-state index in [1.54, 1.807) is 0 Å². The zero-order chi connectivity index (χ0) is 6.58. The SMILES string of the molecule is F[C]1C(F)(F)C1(F)Cl. The molecule has 1 aliphatic carbocycles. The molecule has 0 heterocycles. The Morgan fingerprint density at radius 2 is 1.38 bits per heavy atom. The monoisotopic (exact) mass is 147 g/mol. The molecule has 1 rings (SSSR count). The van der Waals surface area contributed by atoms with E-state index in [1.807, 2.05) is 0 Å². The molecule has 0 amide bonds. The van der Waals surface area contributed by atoms with E-state index in [-0.39, 0.29) is 0 Å². The van der Waals surface area contributed by atoms with Crippen LogP contribution in [0.15, 0.2) is 0 Å². The van der Waals surface area contributed by atoms with E-state index in [4.69, 9.17) is 0 Å². The van der Waals surface area contributed by atoms with Crippen molar-refractivity contribution in [3.8, 4) is 0 Å². The number of alkyl halides is 4. The van der Waals surface area contributed by atoms with Crippen LogP contribution in [0.25, 0.3) is 0 Å². The molecule has 0 N–H and O–H groups in total. The maximum absolute atomic E-state index is 11.6. The third kappa shape index (κ3) is 0.417. The Morgan fingerprint density at radius 3 is 1.38 bits per heavy atom. The first-order valence-corrected chi connectivity index (χ1v) is 2.07. The molecule has 0 aromatic carbocycles. The molecule has 0 aromatic heterocycles. The zero-order valence-corrected chi connectivity index (χ0v) is 4.15. The van der Waals surface area contributed by atoms with Gasteiger partial charge in [-0.05, 0) is 0 Å². The van der Waals surface area contributed by atoms with Gasteiger partial charge < -0.3 is 0 Å². The van der Waals surface area contributed by atoms with E-state index < -0.39 is 17.2 Å². The Bertz CT molecular complexity index is 106. The Morgan fingerprint density at radius 1 is 1.25 bits per heavy atom. The fraction of sp³-hybridized carbons (Fsp3) is 0.667. The fourth-order valence-electron chi connectivity index (χ4n) is 0.261. The lowest BCUT2D eigenvalue weighted by Gasteiger charge is -1.86. The van der Waals surface area contributed by atoms with Crippen molar-refractivity contribution in [1.29, 1.82) is 0 Å². The summed E-state index contributed by atoms with van der Waals surface area (Å²) in [4.78, 5) is 0. The van der Waals surface area contributed by atoms with Crippen LogP contribution in [0.5, 0.6) is 0 Å². The first-order valence-electron chi connectivity index (χ1n) is 1.69. The molecule has 1 atom stereocenters. The van der Waals surface area contributed by atoms with E-state index in [0.717, 1.165) is 0 Å². The minimum atomic E-state index is -4.05. The number of halogens is 5. The van der Waals surface area contributed by atoms with Crippen molar-refractivity contribution in [2.24, 2.45) is 0 Å². The van der Waals surface area contributed by atoms with Crippen LogP contribution in [0.3, 0.4) is 0 Å². The molecule has 1 radical (unpaired) electrons. The van der Waals surface area contributed by atoms with Gasteiger partial charge in [0.2, 0.25) is 0 Å². The fourth-order valence-corrected chi connectivity index (χ4v) is 0.415. The van der Waals surface area contributed by atoms with Crippen molar-refractivity contribution in [3.05, 3.63) is 6.17 Å². The van der Waals surface area contributed by atoms with E-state index in [0.29, 0.717) is 0 Å². The van der Waals surface area contributed by atoms with Gasteiger partial charge in [-0.15, -0.1) is 0 Å². The highest BCUT2D eigenvalue weighted by Crippen LogP contribution is 2.66. The summed E-state index contributed by atoms with van der Waals surface area (Å²) >= 11 is 4.25. The van der Waals surface area contributed by atoms with Gasteiger partial charge in [0.05, 0.1) is 0 Å². The molecule has 1 fully saturated rings. The van der Waals surface area contributed by atoms with Gasteiger partial charge in [-0.2, -0.15) is 8.78 Å². The normalized spacial score (nSPS) is 44.6. The Balaban J connectivity index is 2.72. The first-order chi connectivity index (χ1) is 3.40. The zero-order valence-electron chi connectivity index (χ0n) is 3.39. The second-order valence-electron chi connectivity index (χ2n) is 1.46. The van der Waals surface area contributed by atoms with Gasteiger partial charge in [0, 0.05) is 0 Å². The van der Waals surface area contributed by atoms with Crippen LogP contribution in [0, 0.1) is 6.17 Å².